The molecule has 0 spiro atoms. The third kappa shape index (κ3) is 5.71. The van der Waals surface area contributed by atoms with Crippen LogP contribution in [-0.2, 0) is 0 Å². The van der Waals surface area contributed by atoms with Crippen LogP contribution in [0.25, 0.3) is 0 Å². The van der Waals surface area contributed by atoms with Crippen molar-refractivity contribution >= 4 is 11.7 Å². The minimum atomic E-state index is -0.0696. The van der Waals surface area contributed by atoms with Crippen molar-refractivity contribution in [1.82, 2.24) is 10.3 Å². The van der Waals surface area contributed by atoms with Gasteiger partial charge in [-0.15, -0.1) is 0 Å². The first-order chi connectivity index (χ1) is 9.97. The van der Waals surface area contributed by atoms with E-state index in [-0.39, 0.29) is 17.9 Å². The number of nitrogens with zero attached hydrogens (tertiary/aromatic N) is 1. The number of nitrogens with two attached hydrogens (primary N) is 1. The highest BCUT2D eigenvalue weighted by molar-refractivity contribution is 5.95. The SMILES string of the molecule is CCCCCC(C)NC(=O)c1cc(NN)nc(C(C)C)c1. The topological polar surface area (TPSA) is 80.0 Å². The Labute approximate surface area is 127 Å². The minimum Gasteiger partial charge on any atom is -0.350 e. The Hall–Kier alpha value is -1.62. The molecule has 21 heavy (non-hydrogen) atoms. The maximum atomic E-state index is 12.3. The van der Waals surface area contributed by atoms with Crippen molar-refractivity contribution in [3.05, 3.63) is 23.4 Å². The fourth-order valence-corrected chi connectivity index (χ4v) is 2.13. The van der Waals surface area contributed by atoms with Gasteiger partial charge < -0.3 is 10.7 Å². The fraction of sp³-hybridized carbons (Fsp3) is 0.625. The largest absolute Gasteiger partial charge is 0.350 e. The zero-order valence-corrected chi connectivity index (χ0v) is 13.6. The van der Waals surface area contributed by atoms with Crippen LogP contribution < -0.4 is 16.6 Å². The lowest BCUT2D eigenvalue weighted by atomic mass is 10.1. The molecule has 118 valence electrons. The number of hydrogen-bond acceptors (Lipinski definition) is 4. The van der Waals surface area contributed by atoms with Crippen LogP contribution in [0.3, 0.4) is 0 Å². The van der Waals surface area contributed by atoms with E-state index >= 15 is 0 Å². The summed E-state index contributed by atoms with van der Waals surface area (Å²) in [4.78, 5) is 16.7. The lowest BCUT2D eigenvalue weighted by Gasteiger charge is -2.15. The van der Waals surface area contributed by atoms with E-state index in [4.69, 9.17) is 5.84 Å². The quantitative estimate of drug-likeness (QED) is 0.390. The summed E-state index contributed by atoms with van der Waals surface area (Å²) in [5, 5.41) is 3.04. The molecule has 0 saturated heterocycles. The number of unbranched alkanes of at least 4 members (excludes halogenated alkanes) is 2. The third-order valence-corrected chi connectivity index (χ3v) is 3.46. The van der Waals surface area contributed by atoms with Gasteiger partial charge in [0.1, 0.15) is 5.82 Å². The van der Waals surface area contributed by atoms with Gasteiger partial charge in [-0.2, -0.15) is 0 Å². The molecule has 0 saturated carbocycles. The van der Waals surface area contributed by atoms with E-state index in [1.807, 2.05) is 26.8 Å². The van der Waals surface area contributed by atoms with Crippen molar-refractivity contribution in [2.45, 2.75) is 65.3 Å². The van der Waals surface area contributed by atoms with Crippen LogP contribution in [-0.4, -0.2) is 16.9 Å². The number of hydrazine groups is 1. The molecule has 0 bridgehead atoms. The standard InChI is InChI=1S/C16H28N4O/c1-5-6-7-8-12(4)18-16(21)13-9-14(11(2)3)19-15(10-13)20-17/h9-12H,5-8,17H2,1-4H3,(H,18,21)(H,19,20). The van der Waals surface area contributed by atoms with Gasteiger partial charge in [-0.25, -0.2) is 10.8 Å². The minimum absolute atomic E-state index is 0.0696. The van der Waals surface area contributed by atoms with Crippen LogP contribution >= 0.6 is 0 Å². The van der Waals surface area contributed by atoms with E-state index in [1.165, 1.54) is 12.8 Å². The monoisotopic (exact) mass is 292 g/mol. The molecule has 1 amide bonds. The first-order valence-electron chi connectivity index (χ1n) is 7.77. The van der Waals surface area contributed by atoms with Crippen LogP contribution in [0.1, 0.15) is 75.3 Å². The molecule has 0 radical (unpaired) electrons. The average Bonchev–Trinajstić information content (AvgIpc) is 2.46. The van der Waals surface area contributed by atoms with Crippen molar-refractivity contribution in [3.8, 4) is 0 Å². The predicted molar refractivity (Wildman–Crippen MR) is 87.2 cm³/mol. The molecule has 5 nitrogen and oxygen atoms in total. The van der Waals surface area contributed by atoms with Crippen molar-refractivity contribution < 1.29 is 4.79 Å². The zero-order valence-electron chi connectivity index (χ0n) is 13.6. The van der Waals surface area contributed by atoms with Crippen molar-refractivity contribution in [2.75, 3.05) is 5.43 Å². The molecular weight excluding hydrogens is 264 g/mol. The van der Waals surface area contributed by atoms with Gasteiger partial charge in [0.25, 0.3) is 5.91 Å². The number of anilines is 1. The molecule has 4 N–H and O–H groups in total. The molecule has 1 unspecified atom stereocenters. The van der Waals surface area contributed by atoms with Gasteiger partial charge in [0.15, 0.2) is 0 Å². The van der Waals surface area contributed by atoms with Gasteiger partial charge in [-0.1, -0.05) is 40.0 Å². The molecule has 0 aromatic carbocycles. The molecule has 1 rings (SSSR count). The van der Waals surface area contributed by atoms with Crippen LogP contribution in [0.4, 0.5) is 5.82 Å². The number of nitrogen functional groups attached to an aromatic ring is 1. The van der Waals surface area contributed by atoms with Gasteiger partial charge in [-0.3, -0.25) is 4.79 Å². The number of nitrogens with one attached hydrogen (secondary N) is 2. The molecule has 1 heterocycles. The van der Waals surface area contributed by atoms with E-state index in [0.29, 0.717) is 11.4 Å². The summed E-state index contributed by atoms with van der Waals surface area (Å²) in [6.45, 7) is 8.30. The summed E-state index contributed by atoms with van der Waals surface area (Å²) in [7, 11) is 0. The highest BCUT2D eigenvalue weighted by Gasteiger charge is 2.13. The first-order valence-corrected chi connectivity index (χ1v) is 7.77. The summed E-state index contributed by atoms with van der Waals surface area (Å²) in [5.41, 5.74) is 3.98. The van der Waals surface area contributed by atoms with Crippen molar-refractivity contribution in [2.24, 2.45) is 5.84 Å². The van der Waals surface area contributed by atoms with Gasteiger partial charge >= 0.3 is 0 Å². The Morgan fingerprint density at radius 2 is 2.00 bits per heavy atom. The Balaban J connectivity index is 2.74. The Morgan fingerprint density at radius 1 is 1.29 bits per heavy atom. The smallest absolute Gasteiger partial charge is 0.251 e. The maximum absolute atomic E-state index is 12.3. The number of carbonyl (C=O) groups is 1. The molecule has 5 heteroatoms. The third-order valence-electron chi connectivity index (χ3n) is 3.46. The van der Waals surface area contributed by atoms with Crippen LogP contribution in [0.2, 0.25) is 0 Å². The Bertz CT molecular complexity index is 460. The van der Waals surface area contributed by atoms with E-state index < -0.39 is 0 Å². The highest BCUT2D eigenvalue weighted by Crippen LogP contribution is 2.17. The number of carbonyl (C=O) groups excluding carboxylic acids is 1. The second-order valence-electron chi connectivity index (χ2n) is 5.84. The lowest BCUT2D eigenvalue weighted by molar-refractivity contribution is 0.0937. The zero-order chi connectivity index (χ0) is 15.8. The van der Waals surface area contributed by atoms with Gasteiger partial charge in [0.2, 0.25) is 0 Å². The maximum Gasteiger partial charge on any atom is 0.251 e. The van der Waals surface area contributed by atoms with Crippen molar-refractivity contribution in [3.63, 3.8) is 0 Å². The average molecular weight is 292 g/mol. The second kappa shape index (κ2) is 8.62. The number of aromatic nitrogens is 1. The normalized spacial score (nSPS) is 12.3. The molecule has 1 aromatic rings. The van der Waals surface area contributed by atoms with Crippen molar-refractivity contribution in [1.29, 1.82) is 0 Å². The summed E-state index contributed by atoms with van der Waals surface area (Å²) < 4.78 is 0. The van der Waals surface area contributed by atoms with Gasteiger partial charge in [0, 0.05) is 17.3 Å². The van der Waals surface area contributed by atoms with Crippen LogP contribution in [0.15, 0.2) is 12.1 Å². The predicted octanol–water partition coefficient (Wildman–Crippen LogP) is 3.19. The molecule has 1 atom stereocenters. The highest BCUT2D eigenvalue weighted by atomic mass is 16.1. The molecule has 0 aliphatic carbocycles. The Morgan fingerprint density at radius 3 is 2.57 bits per heavy atom. The molecule has 0 aliphatic rings. The summed E-state index contributed by atoms with van der Waals surface area (Å²) in [6, 6.07) is 3.69. The van der Waals surface area contributed by atoms with E-state index in [1.54, 1.807) is 6.07 Å². The van der Waals surface area contributed by atoms with Gasteiger partial charge in [-0.05, 0) is 31.4 Å². The van der Waals surface area contributed by atoms with Crippen LogP contribution in [0.5, 0.6) is 0 Å². The number of pyridine rings is 1. The van der Waals surface area contributed by atoms with Crippen LogP contribution in [0, 0.1) is 0 Å². The van der Waals surface area contributed by atoms with E-state index in [0.717, 1.165) is 18.5 Å². The molecule has 0 aliphatic heterocycles. The molecule has 0 fully saturated rings. The Kier molecular flexibility index (Phi) is 7.15. The number of hydrogen-bond donors (Lipinski definition) is 3. The second-order valence-corrected chi connectivity index (χ2v) is 5.84. The van der Waals surface area contributed by atoms with E-state index in [9.17, 15) is 4.79 Å². The summed E-state index contributed by atoms with van der Waals surface area (Å²) in [5.74, 6) is 6.12. The number of rotatable bonds is 8. The first kappa shape index (κ1) is 17.4. The van der Waals surface area contributed by atoms with E-state index in [2.05, 4.69) is 22.7 Å². The number of amides is 1. The summed E-state index contributed by atoms with van der Waals surface area (Å²) >= 11 is 0. The lowest BCUT2D eigenvalue weighted by Crippen LogP contribution is -2.32. The van der Waals surface area contributed by atoms with Gasteiger partial charge in [0.05, 0.1) is 0 Å². The summed E-state index contributed by atoms with van der Waals surface area (Å²) in [6.07, 6.45) is 4.54. The molecule has 1 aromatic heterocycles. The fourth-order valence-electron chi connectivity index (χ4n) is 2.13. The molecular formula is C16H28N4O.